The van der Waals surface area contributed by atoms with Crippen LogP contribution in [0.4, 0.5) is 0 Å². The average Bonchev–Trinajstić information content (AvgIpc) is 2.02. The first-order valence-electron chi connectivity index (χ1n) is 3.26. The molecule has 0 saturated heterocycles. The number of nitrogens with zero attached hydrogens (tertiary/aromatic N) is 4. The molecule has 0 heterocycles. The van der Waals surface area contributed by atoms with Gasteiger partial charge in [0.1, 0.15) is 0 Å². The van der Waals surface area contributed by atoms with Crippen LogP contribution < -0.4 is 0 Å². The van der Waals surface area contributed by atoms with Crippen molar-refractivity contribution in [3.63, 3.8) is 0 Å². The standard InChI is InChI=1S/C3H4N4O8/c1-2(4(8)9)3(5(10)11,6(12)13)7(14)15/h2H,1H3. The fraction of sp³-hybridized carbons (Fsp3) is 1.00. The molecule has 12 nitrogen and oxygen atoms in total. The van der Waals surface area contributed by atoms with Gasteiger partial charge in [0, 0.05) is 11.8 Å². The Kier molecular flexibility index (Phi) is 3.16. The normalized spacial score (nSPS) is 12.9. The van der Waals surface area contributed by atoms with E-state index in [4.69, 9.17) is 0 Å². The van der Waals surface area contributed by atoms with E-state index in [1.54, 1.807) is 0 Å². The second kappa shape index (κ2) is 3.77. The molecule has 12 heteroatoms. The van der Waals surface area contributed by atoms with Gasteiger partial charge in [0.25, 0.3) is 0 Å². The molecular formula is C3H4N4O8. The predicted molar refractivity (Wildman–Crippen MR) is 40.2 cm³/mol. The van der Waals surface area contributed by atoms with E-state index in [-0.39, 0.29) is 0 Å². The summed E-state index contributed by atoms with van der Waals surface area (Å²) in [6, 6.07) is -2.59. The topological polar surface area (TPSA) is 173 Å². The van der Waals surface area contributed by atoms with Crippen molar-refractivity contribution < 1.29 is 19.7 Å². The Morgan fingerprint density at radius 2 is 1.13 bits per heavy atom. The number of hydrogen-bond donors (Lipinski definition) is 0. The maximum Gasteiger partial charge on any atom is 0.766 e. The maximum absolute atomic E-state index is 10.3. The zero-order chi connectivity index (χ0) is 12.4. The molecule has 0 fully saturated rings. The molecule has 0 aromatic carbocycles. The van der Waals surface area contributed by atoms with E-state index in [0.29, 0.717) is 6.92 Å². The summed E-state index contributed by atoms with van der Waals surface area (Å²) in [5.41, 5.74) is 0. The molecule has 0 bridgehead atoms. The van der Waals surface area contributed by atoms with Gasteiger partial charge in [-0.05, 0) is 0 Å². The molecule has 15 heavy (non-hydrogen) atoms. The molecule has 0 aromatic rings. The molecule has 1 atom stereocenters. The Hall–Kier alpha value is -2.40. The van der Waals surface area contributed by atoms with Crippen molar-refractivity contribution in [2.75, 3.05) is 0 Å². The van der Waals surface area contributed by atoms with Crippen LogP contribution in [0.2, 0.25) is 0 Å². The summed E-state index contributed by atoms with van der Waals surface area (Å²) in [7, 11) is 0. The highest BCUT2D eigenvalue weighted by Crippen LogP contribution is 2.19. The van der Waals surface area contributed by atoms with Crippen molar-refractivity contribution in [1.29, 1.82) is 0 Å². The third-order valence-electron chi connectivity index (χ3n) is 1.68. The summed E-state index contributed by atoms with van der Waals surface area (Å²) in [6.45, 7) is 0.425. The van der Waals surface area contributed by atoms with Crippen molar-refractivity contribution in [3.8, 4) is 0 Å². The first-order valence-corrected chi connectivity index (χ1v) is 3.26. The molecule has 0 N–H and O–H groups in total. The third-order valence-corrected chi connectivity index (χ3v) is 1.68. The molecule has 0 aliphatic carbocycles. The second-order valence-corrected chi connectivity index (χ2v) is 2.42. The van der Waals surface area contributed by atoms with E-state index < -0.39 is 31.5 Å². The summed E-state index contributed by atoms with van der Waals surface area (Å²) in [5.74, 6) is -4.05. The quantitative estimate of drug-likeness (QED) is 0.329. The molecular weight excluding hydrogens is 220 g/mol. The predicted octanol–water partition coefficient (Wildman–Crippen LogP) is -0.864. The minimum atomic E-state index is -4.05. The van der Waals surface area contributed by atoms with Crippen LogP contribution in [-0.2, 0) is 0 Å². The van der Waals surface area contributed by atoms with Crippen LogP contribution in [0.15, 0.2) is 0 Å². The fourth-order valence-electron chi connectivity index (χ4n) is 0.799. The highest BCUT2D eigenvalue weighted by Gasteiger charge is 2.81. The minimum Gasteiger partial charge on any atom is -0.263 e. The van der Waals surface area contributed by atoms with Gasteiger partial charge >= 0.3 is 11.8 Å². The van der Waals surface area contributed by atoms with Gasteiger partial charge in [-0.1, -0.05) is 0 Å². The lowest BCUT2D eigenvalue weighted by Crippen LogP contribution is -2.62. The summed E-state index contributed by atoms with van der Waals surface area (Å²) in [5, 5.41) is 41.0. The zero-order valence-corrected chi connectivity index (χ0v) is 7.13. The Bertz CT molecular complexity index is 301. The van der Waals surface area contributed by atoms with Gasteiger partial charge in [0.15, 0.2) is 14.8 Å². The Balaban J connectivity index is 5.75. The second-order valence-electron chi connectivity index (χ2n) is 2.42. The van der Waals surface area contributed by atoms with E-state index in [2.05, 4.69) is 0 Å². The molecule has 0 saturated carbocycles. The highest BCUT2D eigenvalue weighted by atomic mass is 16.7. The van der Waals surface area contributed by atoms with Gasteiger partial charge in [-0.15, -0.1) is 0 Å². The number of nitro groups is 4. The maximum atomic E-state index is 10.3. The molecule has 84 valence electrons. The molecule has 0 aliphatic heterocycles. The van der Waals surface area contributed by atoms with E-state index in [1.165, 1.54) is 0 Å². The van der Waals surface area contributed by atoms with Gasteiger partial charge < -0.3 is 0 Å². The lowest BCUT2D eigenvalue weighted by molar-refractivity contribution is -0.992. The van der Waals surface area contributed by atoms with E-state index >= 15 is 0 Å². The number of hydrogen-bond acceptors (Lipinski definition) is 8. The monoisotopic (exact) mass is 224 g/mol. The molecule has 0 amide bonds. The Morgan fingerprint density at radius 1 is 0.867 bits per heavy atom. The van der Waals surface area contributed by atoms with Crippen LogP contribution >= 0.6 is 0 Å². The lowest BCUT2D eigenvalue weighted by Gasteiger charge is -2.09. The summed E-state index contributed by atoms with van der Waals surface area (Å²) in [4.78, 5) is 33.8. The van der Waals surface area contributed by atoms with Gasteiger partial charge in [-0.25, -0.2) is 0 Å². The van der Waals surface area contributed by atoms with Gasteiger partial charge in [-0.2, -0.15) is 0 Å². The molecule has 1 unspecified atom stereocenters. The van der Waals surface area contributed by atoms with Gasteiger partial charge in [0.2, 0.25) is 0 Å². The first-order chi connectivity index (χ1) is 6.68. The van der Waals surface area contributed by atoms with Crippen LogP contribution in [0.25, 0.3) is 0 Å². The van der Waals surface area contributed by atoms with Crippen LogP contribution in [-0.4, -0.2) is 31.5 Å². The van der Waals surface area contributed by atoms with Crippen molar-refractivity contribution in [2.24, 2.45) is 0 Å². The summed E-state index contributed by atoms with van der Waals surface area (Å²) < 4.78 is 0. The highest BCUT2D eigenvalue weighted by molar-refractivity contribution is 4.62. The molecule has 0 aromatic heterocycles. The van der Waals surface area contributed by atoms with E-state index in [1.807, 2.05) is 0 Å². The van der Waals surface area contributed by atoms with Gasteiger partial charge in [-0.3, -0.25) is 40.5 Å². The van der Waals surface area contributed by atoms with E-state index in [0.717, 1.165) is 0 Å². The SMILES string of the molecule is CC([N+](=O)[O-])C([N+](=O)[O-])([N+](=O)[O-])[N+](=O)[O-]. The minimum absolute atomic E-state index is 0.425. The van der Waals surface area contributed by atoms with Gasteiger partial charge in [0.05, 0.1) is 0 Å². The Morgan fingerprint density at radius 3 is 1.20 bits per heavy atom. The van der Waals surface area contributed by atoms with Crippen LogP contribution in [0.5, 0.6) is 0 Å². The van der Waals surface area contributed by atoms with Crippen molar-refractivity contribution in [1.82, 2.24) is 0 Å². The average molecular weight is 224 g/mol. The summed E-state index contributed by atoms with van der Waals surface area (Å²) in [6.07, 6.45) is 0. The van der Waals surface area contributed by atoms with Crippen molar-refractivity contribution >= 4 is 0 Å². The van der Waals surface area contributed by atoms with Crippen LogP contribution in [0.3, 0.4) is 0 Å². The third kappa shape index (κ3) is 1.63. The molecule has 0 radical (unpaired) electrons. The lowest BCUT2D eigenvalue weighted by atomic mass is 10.2. The van der Waals surface area contributed by atoms with Crippen LogP contribution in [0, 0.1) is 40.5 Å². The molecule has 0 aliphatic rings. The van der Waals surface area contributed by atoms with Crippen molar-refractivity contribution in [3.05, 3.63) is 40.5 Å². The first kappa shape index (κ1) is 12.6. The molecule has 0 spiro atoms. The Labute approximate surface area is 80.1 Å². The van der Waals surface area contributed by atoms with Crippen LogP contribution in [0.1, 0.15) is 6.92 Å². The number of rotatable bonds is 5. The van der Waals surface area contributed by atoms with Crippen molar-refractivity contribution in [2.45, 2.75) is 18.8 Å². The molecule has 0 rings (SSSR count). The summed E-state index contributed by atoms with van der Waals surface area (Å²) >= 11 is 0. The largest absolute Gasteiger partial charge is 0.766 e. The zero-order valence-electron chi connectivity index (χ0n) is 7.13. The van der Waals surface area contributed by atoms with E-state index in [9.17, 15) is 40.5 Å². The smallest absolute Gasteiger partial charge is 0.263 e. The fourth-order valence-corrected chi connectivity index (χ4v) is 0.799.